The van der Waals surface area contributed by atoms with Crippen molar-refractivity contribution in [2.75, 3.05) is 31.2 Å². The lowest BCUT2D eigenvalue weighted by Crippen LogP contribution is -2.63. The van der Waals surface area contributed by atoms with Crippen molar-refractivity contribution < 1.29 is 22.8 Å². The van der Waals surface area contributed by atoms with Crippen LogP contribution in [0.4, 0.5) is 10.5 Å². The van der Waals surface area contributed by atoms with Crippen molar-refractivity contribution in [2.45, 2.75) is 18.5 Å². The first kappa shape index (κ1) is 25.2. The average Bonchev–Trinajstić information content (AvgIpc) is 3.26. The minimum absolute atomic E-state index is 0.0667. The van der Waals surface area contributed by atoms with Crippen molar-refractivity contribution in [2.24, 2.45) is 5.73 Å². The normalized spacial score (nSPS) is 17.5. The summed E-state index contributed by atoms with van der Waals surface area (Å²) in [4.78, 5) is 42.8. The highest BCUT2D eigenvalue weighted by molar-refractivity contribution is 7.88. The third-order valence-electron chi connectivity index (χ3n) is 6.13. The fourth-order valence-corrected chi connectivity index (χ4v) is 5.33. The monoisotopic (exact) mass is 512 g/mol. The van der Waals surface area contributed by atoms with Gasteiger partial charge >= 0.3 is 6.03 Å². The Morgan fingerprint density at radius 3 is 2.47 bits per heavy atom. The number of para-hydroxylation sites is 2. The van der Waals surface area contributed by atoms with Crippen molar-refractivity contribution in [3.05, 3.63) is 66.4 Å². The third-order valence-corrected chi connectivity index (χ3v) is 7.42. The molecule has 4 rings (SSSR count). The van der Waals surface area contributed by atoms with Crippen LogP contribution >= 0.6 is 0 Å². The zero-order chi connectivity index (χ0) is 25.9. The first-order valence-corrected chi connectivity index (χ1v) is 13.2. The van der Waals surface area contributed by atoms with Gasteiger partial charge in [-0.05, 0) is 23.8 Å². The number of benzene rings is 2. The first-order chi connectivity index (χ1) is 17.1. The van der Waals surface area contributed by atoms with Crippen LogP contribution in [0, 0.1) is 0 Å². The molecule has 5 N–H and O–H groups in total. The molecule has 0 radical (unpaired) electrons. The van der Waals surface area contributed by atoms with Crippen LogP contribution in [0.25, 0.3) is 10.9 Å². The van der Waals surface area contributed by atoms with Crippen molar-refractivity contribution in [1.29, 1.82) is 0 Å². The molecule has 0 bridgehead atoms. The molecule has 36 heavy (non-hydrogen) atoms. The van der Waals surface area contributed by atoms with Crippen molar-refractivity contribution >= 4 is 44.5 Å². The Morgan fingerprint density at radius 2 is 1.78 bits per heavy atom. The van der Waals surface area contributed by atoms with E-state index in [4.69, 9.17) is 5.73 Å². The summed E-state index contributed by atoms with van der Waals surface area (Å²) in [5, 5.41) is 6.23. The number of nitrogens with zero attached hydrogens (tertiary/aromatic N) is 2. The molecule has 1 aliphatic rings. The number of nitrogens with one attached hydrogen (secondary N) is 3. The van der Waals surface area contributed by atoms with Gasteiger partial charge in [0.25, 0.3) is 0 Å². The van der Waals surface area contributed by atoms with E-state index in [-0.39, 0.29) is 26.1 Å². The molecular weight excluding hydrogens is 484 g/mol. The molecule has 12 heteroatoms. The first-order valence-electron chi connectivity index (χ1n) is 11.4. The molecule has 0 spiro atoms. The molecular formula is C24H28N6O5S. The van der Waals surface area contributed by atoms with Crippen LogP contribution in [-0.4, -0.2) is 78.4 Å². The quantitative estimate of drug-likeness (QED) is 0.369. The van der Waals surface area contributed by atoms with Crippen LogP contribution < -0.4 is 16.4 Å². The molecule has 0 saturated carbocycles. The lowest BCUT2D eigenvalue weighted by atomic mass is 10.0. The van der Waals surface area contributed by atoms with E-state index in [1.165, 1.54) is 4.90 Å². The minimum atomic E-state index is -3.77. The maximum atomic E-state index is 13.3. The van der Waals surface area contributed by atoms with Crippen molar-refractivity contribution in [3.63, 3.8) is 0 Å². The number of hydrogen-bond acceptors (Lipinski definition) is 5. The van der Waals surface area contributed by atoms with E-state index in [9.17, 15) is 22.8 Å². The molecule has 3 aromatic rings. The fraction of sp³-hybridized carbons (Fsp3) is 0.292. The summed E-state index contributed by atoms with van der Waals surface area (Å²) in [6.45, 7) is -0.150. The van der Waals surface area contributed by atoms with E-state index in [1.807, 2.05) is 30.3 Å². The Morgan fingerprint density at radius 1 is 1.08 bits per heavy atom. The minimum Gasteiger partial charge on any atom is -0.368 e. The number of nitrogens with two attached hydrogens (primary N) is 1. The molecule has 1 aromatic heterocycles. The van der Waals surface area contributed by atoms with E-state index < -0.39 is 40.0 Å². The molecule has 1 fully saturated rings. The van der Waals surface area contributed by atoms with Gasteiger partial charge in [-0.15, -0.1) is 0 Å². The number of sulfonamides is 1. The number of urea groups is 1. The van der Waals surface area contributed by atoms with Crippen molar-refractivity contribution in [3.8, 4) is 0 Å². The maximum Gasteiger partial charge on any atom is 0.321 e. The summed E-state index contributed by atoms with van der Waals surface area (Å²) < 4.78 is 25.9. The van der Waals surface area contributed by atoms with Gasteiger partial charge in [0.1, 0.15) is 12.1 Å². The molecule has 190 valence electrons. The van der Waals surface area contributed by atoms with E-state index in [1.54, 1.807) is 30.5 Å². The van der Waals surface area contributed by atoms with E-state index in [0.29, 0.717) is 5.69 Å². The second-order valence-corrected chi connectivity index (χ2v) is 10.6. The van der Waals surface area contributed by atoms with Crippen LogP contribution in [0.1, 0.15) is 5.56 Å². The van der Waals surface area contributed by atoms with Crippen LogP contribution in [-0.2, 0) is 26.0 Å². The van der Waals surface area contributed by atoms with Gasteiger partial charge in [0.15, 0.2) is 0 Å². The number of fused-ring (bicyclic) bond motifs is 1. The van der Waals surface area contributed by atoms with E-state index in [2.05, 4.69) is 15.6 Å². The number of piperazine rings is 1. The highest BCUT2D eigenvalue weighted by Gasteiger charge is 2.40. The lowest BCUT2D eigenvalue weighted by Gasteiger charge is -2.39. The summed E-state index contributed by atoms with van der Waals surface area (Å²) in [5.74, 6) is -1.46. The fourth-order valence-electron chi connectivity index (χ4n) is 4.30. The largest absolute Gasteiger partial charge is 0.368 e. The van der Waals surface area contributed by atoms with Gasteiger partial charge < -0.3 is 26.3 Å². The Hall–Kier alpha value is -3.90. The summed E-state index contributed by atoms with van der Waals surface area (Å²) in [6, 6.07) is 13.5. The van der Waals surface area contributed by atoms with Gasteiger partial charge in [-0.1, -0.05) is 36.4 Å². The van der Waals surface area contributed by atoms with E-state index >= 15 is 0 Å². The number of anilines is 1. The number of aromatic amines is 1. The number of aromatic nitrogens is 1. The van der Waals surface area contributed by atoms with Gasteiger partial charge in [-0.3, -0.25) is 9.59 Å². The SMILES string of the molecule is CS(=O)(=O)N1CCN(C(=O)Nc2ccccc2)CC1C(=O)NC(Cc1c[nH]c2ccccc12)C(N)=O. The number of H-pyrrole nitrogens is 1. The van der Waals surface area contributed by atoms with Gasteiger partial charge in [0.05, 0.1) is 6.26 Å². The van der Waals surface area contributed by atoms with Gasteiger partial charge in [-0.25, -0.2) is 13.2 Å². The average molecular weight is 513 g/mol. The second kappa shape index (κ2) is 10.4. The van der Waals surface area contributed by atoms with Crippen molar-refractivity contribution in [1.82, 2.24) is 19.5 Å². The van der Waals surface area contributed by atoms with E-state index in [0.717, 1.165) is 27.0 Å². The molecule has 1 saturated heterocycles. The molecule has 11 nitrogen and oxygen atoms in total. The molecule has 2 unspecified atom stereocenters. The summed E-state index contributed by atoms with van der Waals surface area (Å²) in [7, 11) is -3.77. The summed E-state index contributed by atoms with van der Waals surface area (Å²) >= 11 is 0. The van der Waals surface area contributed by atoms with Crippen LogP contribution in [0.2, 0.25) is 0 Å². The highest BCUT2D eigenvalue weighted by atomic mass is 32.2. The Balaban J connectivity index is 1.51. The number of primary amides is 1. The number of hydrogen-bond donors (Lipinski definition) is 4. The number of carbonyl (C=O) groups is 3. The van der Waals surface area contributed by atoms with Crippen LogP contribution in [0.15, 0.2) is 60.8 Å². The second-order valence-electron chi connectivity index (χ2n) is 8.66. The number of carbonyl (C=O) groups excluding carboxylic acids is 3. The van der Waals surface area contributed by atoms with Gasteiger partial charge in [0, 0.05) is 48.8 Å². The predicted molar refractivity (Wildman–Crippen MR) is 135 cm³/mol. The Bertz CT molecular complexity index is 1370. The zero-order valence-corrected chi connectivity index (χ0v) is 20.5. The standard InChI is InChI=1S/C24H28N6O5S/c1-36(34,35)30-12-11-29(24(33)27-17-7-3-2-4-8-17)15-21(30)23(32)28-20(22(25)31)13-16-14-26-19-10-6-5-9-18(16)19/h2-10,14,20-21,26H,11-13,15H2,1H3,(H2,25,31)(H,27,33)(H,28,32). The molecule has 1 aliphatic heterocycles. The topological polar surface area (TPSA) is 158 Å². The van der Waals surface area contributed by atoms with Gasteiger partial charge in [-0.2, -0.15) is 4.31 Å². The third kappa shape index (κ3) is 5.66. The smallest absolute Gasteiger partial charge is 0.321 e. The molecule has 2 atom stereocenters. The van der Waals surface area contributed by atoms with Crippen LogP contribution in [0.3, 0.4) is 0 Å². The molecule has 2 aromatic carbocycles. The van der Waals surface area contributed by atoms with Gasteiger partial charge in [0.2, 0.25) is 21.8 Å². The molecule has 2 heterocycles. The number of rotatable bonds is 7. The molecule has 0 aliphatic carbocycles. The number of amides is 4. The zero-order valence-electron chi connectivity index (χ0n) is 19.7. The van der Waals surface area contributed by atoms with Crippen LogP contribution in [0.5, 0.6) is 0 Å². The Labute approximate surface area is 208 Å². The maximum absolute atomic E-state index is 13.3. The predicted octanol–water partition coefficient (Wildman–Crippen LogP) is 0.858. The molecule has 4 amide bonds. The Kier molecular flexibility index (Phi) is 7.27. The summed E-state index contributed by atoms with van der Waals surface area (Å²) in [5.41, 5.74) is 7.81. The lowest BCUT2D eigenvalue weighted by molar-refractivity contribution is -0.130. The highest BCUT2D eigenvalue weighted by Crippen LogP contribution is 2.20. The summed E-state index contributed by atoms with van der Waals surface area (Å²) in [6.07, 6.45) is 2.87.